The predicted octanol–water partition coefficient (Wildman–Crippen LogP) is 2.17. The Kier molecular flexibility index (Phi) is 4.72. The van der Waals surface area contributed by atoms with Gasteiger partial charge in [-0.3, -0.25) is 0 Å². The molecule has 5 heteroatoms. The van der Waals surface area contributed by atoms with Gasteiger partial charge in [0.15, 0.2) is 0 Å². The molecule has 0 saturated heterocycles. The lowest BCUT2D eigenvalue weighted by Gasteiger charge is -2.10. The fraction of sp³-hybridized carbons (Fsp3) is 0.615. The first-order chi connectivity index (χ1) is 8.69. The fourth-order valence-electron chi connectivity index (χ4n) is 1.39. The normalized spacial score (nSPS) is 16.6. The van der Waals surface area contributed by atoms with Crippen molar-refractivity contribution in [3.05, 3.63) is 12.1 Å². The minimum absolute atomic E-state index is 0.201. The van der Waals surface area contributed by atoms with Gasteiger partial charge in [0.25, 0.3) is 0 Å². The smallest absolute Gasteiger partial charge is 0.238 e. The number of aromatic nitrogens is 1. The Labute approximate surface area is 112 Å². The molecule has 1 aromatic heterocycles. The van der Waals surface area contributed by atoms with Gasteiger partial charge in [0, 0.05) is 12.4 Å². The first-order valence-electron chi connectivity index (χ1n) is 6.32. The van der Waals surface area contributed by atoms with Crippen LogP contribution in [-0.2, 0) is 0 Å². The molecular formula is C13H20N2O2S. The molecule has 1 fully saturated rings. The van der Waals surface area contributed by atoms with E-state index in [0.717, 1.165) is 17.4 Å². The third kappa shape index (κ3) is 4.07. The van der Waals surface area contributed by atoms with Crippen molar-refractivity contribution in [1.29, 1.82) is 0 Å². The Hall–Kier alpha value is -0.940. The maximum atomic E-state index is 8.99. The number of ether oxygens (including phenoxy) is 1. The summed E-state index contributed by atoms with van der Waals surface area (Å²) in [6.07, 6.45) is 2.50. The molecular weight excluding hydrogens is 248 g/mol. The highest BCUT2D eigenvalue weighted by Crippen LogP contribution is 2.31. The van der Waals surface area contributed by atoms with Crippen LogP contribution in [0.1, 0.15) is 19.8 Å². The summed E-state index contributed by atoms with van der Waals surface area (Å²) in [4.78, 5) is 4.41. The van der Waals surface area contributed by atoms with E-state index in [1.165, 1.54) is 12.8 Å². The van der Waals surface area contributed by atoms with E-state index in [9.17, 15) is 0 Å². The monoisotopic (exact) mass is 268 g/mol. The first kappa shape index (κ1) is 13.5. The summed E-state index contributed by atoms with van der Waals surface area (Å²) in [6.45, 7) is 2.93. The van der Waals surface area contributed by atoms with Gasteiger partial charge in [-0.2, -0.15) is 0 Å². The summed E-state index contributed by atoms with van der Waals surface area (Å²) in [7, 11) is 0. The van der Waals surface area contributed by atoms with E-state index in [1.54, 1.807) is 11.8 Å². The fourth-order valence-corrected chi connectivity index (χ4v) is 2.26. The number of hydrogen-bond acceptors (Lipinski definition) is 5. The molecule has 0 radical (unpaired) electrons. The number of aliphatic hydroxyl groups is 1. The van der Waals surface area contributed by atoms with Crippen LogP contribution >= 0.6 is 11.8 Å². The second kappa shape index (κ2) is 6.29. The molecule has 1 aromatic rings. The molecule has 3 N–H and O–H groups in total. The van der Waals surface area contributed by atoms with E-state index >= 15 is 0 Å². The molecule has 1 unspecified atom stereocenters. The van der Waals surface area contributed by atoms with Gasteiger partial charge in [0.2, 0.25) is 5.88 Å². The molecule has 0 aromatic carbocycles. The van der Waals surface area contributed by atoms with Crippen LogP contribution < -0.4 is 10.5 Å². The highest BCUT2D eigenvalue weighted by Gasteiger charge is 2.22. The minimum Gasteiger partial charge on any atom is -0.476 e. The van der Waals surface area contributed by atoms with Crippen LogP contribution in [0.3, 0.4) is 0 Å². The molecule has 0 spiro atoms. The van der Waals surface area contributed by atoms with Crippen molar-refractivity contribution in [2.75, 3.05) is 24.7 Å². The number of nitrogen functional groups attached to an aromatic ring is 1. The van der Waals surface area contributed by atoms with E-state index in [-0.39, 0.29) is 12.5 Å². The number of thioether (sulfide) groups is 1. The van der Waals surface area contributed by atoms with Gasteiger partial charge >= 0.3 is 0 Å². The van der Waals surface area contributed by atoms with Gasteiger partial charge < -0.3 is 15.6 Å². The zero-order valence-electron chi connectivity index (χ0n) is 10.6. The molecule has 2 rings (SSSR count). The molecule has 1 heterocycles. The molecule has 0 aliphatic heterocycles. The summed E-state index contributed by atoms with van der Waals surface area (Å²) >= 11 is 1.62. The molecule has 4 nitrogen and oxygen atoms in total. The Bertz CT molecular complexity index is 397. The molecule has 1 atom stereocenters. The van der Waals surface area contributed by atoms with Crippen molar-refractivity contribution in [2.45, 2.75) is 24.8 Å². The first-order valence-corrected chi connectivity index (χ1v) is 7.30. The largest absolute Gasteiger partial charge is 0.476 e. The van der Waals surface area contributed by atoms with Crippen LogP contribution in [0.25, 0.3) is 0 Å². The number of rotatable bonds is 7. The highest BCUT2D eigenvalue weighted by atomic mass is 32.2. The quantitative estimate of drug-likeness (QED) is 0.742. The van der Waals surface area contributed by atoms with Crippen molar-refractivity contribution < 1.29 is 9.84 Å². The lowest BCUT2D eigenvalue weighted by atomic mass is 10.2. The third-order valence-corrected chi connectivity index (χ3v) is 4.10. The zero-order chi connectivity index (χ0) is 13.0. The molecule has 100 valence electrons. The van der Waals surface area contributed by atoms with Crippen molar-refractivity contribution >= 4 is 17.4 Å². The van der Waals surface area contributed by atoms with E-state index in [1.807, 2.05) is 19.1 Å². The maximum Gasteiger partial charge on any atom is 0.238 e. The highest BCUT2D eigenvalue weighted by molar-refractivity contribution is 7.99. The molecule has 18 heavy (non-hydrogen) atoms. The Morgan fingerprint density at radius 1 is 1.56 bits per heavy atom. The maximum absolute atomic E-state index is 8.99. The zero-order valence-corrected chi connectivity index (χ0v) is 11.4. The summed E-state index contributed by atoms with van der Waals surface area (Å²) in [6, 6.07) is 3.73. The summed E-state index contributed by atoms with van der Waals surface area (Å²) < 4.78 is 5.64. The molecule has 1 saturated carbocycles. The molecule has 1 aliphatic rings. The Morgan fingerprint density at radius 2 is 2.33 bits per heavy atom. The molecule has 0 amide bonds. The average molecular weight is 268 g/mol. The van der Waals surface area contributed by atoms with Crippen molar-refractivity contribution in [3.63, 3.8) is 0 Å². The topological polar surface area (TPSA) is 68.4 Å². The predicted molar refractivity (Wildman–Crippen MR) is 73.8 cm³/mol. The van der Waals surface area contributed by atoms with E-state index in [2.05, 4.69) is 4.98 Å². The average Bonchev–Trinajstić information content (AvgIpc) is 3.19. The third-order valence-electron chi connectivity index (χ3n) is 2.84. The van der Waals surface area contributed by atoms with Crippen LogP contribution in [-0.4, -0.2) is 29.1 Å². The minimum atomic E-state index is 0.201. The van der Waals surface area contributed by atoms with E-state index < -0.39 is 0 Å². The SMILES string of the molecule is CC(CO)CSc1ccc(N)c(OCC2CC2)n1. The lowest BCUT2D eigenvalue weighted by Crippen LogP contribution is -2.05. The van der Waals surface area contributed by atoms with Crippen molar-refractivity contribution in [2.24, 2.45) is 11.8 Å². The van der Waals surface area contributed by atoms with Crippen LogP contribution in [0, 0.1) is 11.8 Å². The second-order valence-corrected chi connectivity index (χ2v) is 5.94. The summed E-state index contributed by atoms with van der Waals surface area (Å²) in [5.41, 5.74) is 6.43. The number of aliphatic hydroxyl groups excluding tert-OH is 1. The summed E-state index contributed by atoms with van der Waals surface area (Å²) in [5, 5.41) is 9.88. The lowest BCUT2D eigenvalue weighted by molar-refractivity contribution is 0.250. The number of nitrogens with two attached hydrogens (primary N) is 1. The van der Waals surface area contributed by atoms with Gasteiger partial charge in [-0.25, -0.2) is 4.98 Å². The van der Waals surface area contributed by atoms with Crippen molar-refractivity contribution in [1.82, 2.24) is 4.98 Å². The van der Waals surface area contributed by atoms with Crippen LogP contribution in [0.4, 0.5) is 5.69 Å². The van der Waals surface area contributed by atoms with Gasteiger partial charge in [-0.1, -0.05) is 6.92 Å². The standard InChI is InChI=1S/C13H20N2O2S/c1-9(6-16)8-18-12-5-4-11(14)13(15-12)17-7-10-2-3-10/h4-5,9-10,16H,2-3,6-8,14H2,1H3. The van der Waals surface area contributed by atoms with Gasteiger partial charge in [0.05, 0.1) is 12.3 Å². The van der Waals surface area contributed by atoms with E-state index in [0.29, 0.717) is 17.5 Å². The number of nitrogens with zero attached hydrogens (tertiary/aromatic N) is 1. The number of hydrogen-bond donors (Lipinski definition) is 2. The van der Waals surface area contributed by atoms with Gasteiger partial charge in [-0.05, 0) is 36.8 Å². The number of pyridine rings is 1. The second-order valence-electron chi connectivity index (χ2n) is 4.90. The van der Waals surface area contributed by atoms with Gasteiger partial charge in [0.1, 0.15) is 5.03 Å². The summed E-state index contributed by atoms with van der Waals surface area (Å²) in [5.74, 6) is 2.35. The van der Waals surface area contributed by atoms with Crippen molar-refractivity contribution in [3.8, 4) is 5.88 Å². The van der Waals surface area contributed by atoms with Crippen LogP contribution in [0.2, 0.25) is 0 Å². The molecule has 1 aliphatic carbocycles. The Morgan fingerprint density at radius 3 is 3.00 bits per heavy atom. The van der Waals surface area contributed by atoms with Crippen LogP contribution in [0.15, 0.2) is 17.2 Å². The molecule has 0 bridgehead atoms. The van der Waals surface area contributed by atoms with E-state index in [4.69, 9.17) is 15.6 Å². The Balaban J connectivity index is 1.91. The van der Waals surface area contributed by atoms with Gasteiger partial charge in [-0.15, -0.1) is 11.8 Å². The van der Waals surface area contributed by atoms with Crippen LogP contribution in [0.5, 0.6) is 5.88 Å². The number of anilines is 1.